The lowest BCUT2D eigenvalue weighted by Crippen LogP contribution is -2.55. The van der Waals surface area contributed by atoms with Crippen molar-refractivity contribution < 1.29 is 27.1 Å². The molecule has 2 amide bonds. The predicted octanol–water partition coefficient (Wildman–Crippen LogP) is 8.21. The predicted molar refractivity (Wildman–Crippen MR) is 205 cm³/mol. The van der Waals surface area contributed by atoms with Crippen LogP contribution in [0, 0.1) is 12.7 Å². The highest BCUT2D eigenvalue weighted by atomic mass is 32.2. The number of anilines is 1. The Labute approximate surface area is 311 Å². The molecule has 5 aromatic rings. The van der Waals surface area contributed by atoms with Crippen LogP contribution in [-0.2, 0) is 32.6 Å². The molecule has 0 bridgehead atoms. The molecule has 0 unspecified atom stereocenters. The van der Waals surface area contributed by atoms with Crippen molar-refractivity contribution in [1.82, 2.24) is 10.2 Å². The maximum atomic E-state index is 15.3. The molecule has 6 rings (SSSR count). The minimum absolute atomic E-state index is 0.00274. The van der Waals surface area contributed by atoms with E-state index in [-0.39, 0.29) is 41.1 Å². The summed E-state index contributed by atoms with van der Waals surface area (Å²) in [6, 6.07) is 36.3. The van der Waals surface area contributed by atoms with Gasteiger partial charge in [0.15, 0.2) is 0 Å². The summed E-state index contributed by atoms with van der Waals surface area (Å²) in [5.41, 5.74) is 2.11. The summed E-state index contributed by atoms with van der Waals surface area (Å²) in [6.07, 6.45) is 4.90. The molecule has 10 heteroatoms. The number of rotatable bonds is 14. The third-order valence-corrected chi connectivity index (χ3v) is 11.3. The zero-order valence-electron chi connectivity index (χ0n) is 29.7. The molecule has 1 aliphatic rings. The van der Waals surface area contributed by atoms with Gasteiger partial charge in [-0.05, 0) is 79.9 Å². The summed E-state index contributed by atoms with van der Waals surface area (Å²) in [5, 5.41) is 3.18. The molecule has 5 aromatic carbocycles. The van der Waals surface area contributed by atoms with Crippen LogP contribution in [0.4, 0.5) is 10.1 Å². The molecular formula is C43H44FN3O5S. The van der Waals surface area contributed by atoms with Crippen molar-refractivity contribution in [2.75, 3.05) is 10.8 Å². The number of halogens is 1. The van der Waals surface area contributed by atoms with Gasteiger partial charge < -0.3 is 15.0 Å². The number of carbonyl (C=O) groups excluding carboxylic acids is 2. The van der Waals surface area contributed by atoms with E-state index < -0.39 is 34.3 Å². The van der Waals surface area contributed by atoms with Gasteiger partial charge in [0.1, 0.15) is 29.9 Å². The fourth-order valence-corrected chi connectivity index (χ4v) is 7.99. The number of sulfonamides is 1. The van der Waals surface area contributed by atoms with E-state index in [1.165, 1.54) is 23.1 Å². The molecule has 53 heavy (non-hydrogen) atoms. The molecule has 274 valence electrons. The van der Waals surface area contributed by atoms with Crippen LogP contribution in [0.2, 0.25) is 0 Å². The van der Waals surface area contributed by atoms with Gasteiger partial charge in [-0.2, -0.15) is 0 Å². The van der Waals surface area contributed by atoms with E-state index in [1.54, 1.807) is 66.7 Å². The number of benzene rings is 5. The number of hydrogen-bond acceptors (Lipinski definition) is 5. The van der Waals surface area contributed by atoms with Crippen LogP contribution in [0.1, 0.15) is 48.8 Å². The zero-order valence-corrected chi connectivity index (χ0v) is 30.6. The van der Waals surface area contributed by atoms with Gasteiger partial charge in [-0.25, -0.2) is 12.8 Å². The van der Waals surface area contributed by atoms with Gasteiger partial charge in [0.25, 0.3) is 10.0 Å². The average Bonchev–Trinajstić information content (AvgIpc) is 3.17. The first-order valence-electron chi connectivity index (χ1n) is 18.0. The van der Waals surface area contributed by atoms with E-state index in [0.29, 0.717) is 11.5 Å². The fraction of sp³-hybridized carbons (Fsp3) is 0.256. The first kappa shape index (κ1) is 37.3. The maximum Gasteiger partial charge on any atom is 0.264 e. The molecule has 1 atom stereocenters. The Balaban J connectivity index is 1.39. The average molecular weight is 734 g/mol. The molecule has 0 saturated heterocycles. The van der Waals surface area contributed by atoms with E-state index >= 15 is 4.39 Å². The van der Waals surface area contributed by atoms with Crippen LogP contribution < -0.4 is 14.4 Å². The smallest absolute Gasteiger partial charge is 0.264 e. The Kier molecular flexibility index (Phi) is 12.2. The number of ether oxygens (including phenoxy) is 1. The molecule has 1 N–H and O–H groups in total. The molecule has 0 heterocycles. The molecule has 1 aliphatic carbocycles. The topological polar surface area (TPSA) is 96.0 Å². The van der Waals surface area contributed by atoms with Gasteiger partial charge in [-0.3, -0.25) is 13.9 Å². The SMILES string of the molecule is Cc1ccc(S(=O)(=O)N(CC(=O)N(Cc2ccccc2F)[C@H](Cc2ccccc2)C(=O)NC2CCCCC2)c2ccc(Oc3ccccc3)cc2)cc1. The van der Waals surface area contributed by atoms with E-state index in [4.69, 9.17) is 4.74 Å². The van der Waals surface area contributed by atoms with Crippen LogP contribution >= 0.6 is 0 Å². The van der Waals surface area contributed by atoms with E-state index in [0.717, 1.165) is 47.5 Å². The second kappa shape index (κ2) is 17.4. The van der Waals surface area contributed by atoms with Gasteiger partial charge >= 0.3 is 0 Å². The summed E-state index contributed by atoms with van der Waals surface area (Å²) in [7, 11) is -4.31. The number of hydrogen-bond donors (Lipinski definition) is 1. The van der Waals surface area contributed by atoms with Crippen LogP contribution in [0.5, 0.6) is 11.5 Å². The fourth-order valence-electron chi connectivity index (χ4n) is 6.58. The molecule has 0 aromatic heterocycles. The van der Waals surface area contributed by atoms with Crippen molar-refractivity contribution in [3.8, 4) is 11.5 Å². The third kappa shape index (κ3) is 9.70. The highest BCUT2D eigenvalue weighted by Gasteiger charge is 2.36. The zero-order chi connectivity index (χ0) is 37.2. The molecule has 1 fully saturated rings. The highest BCUT2D eigenvalue weighted by molar-refractivity contribution is 7.92. The number of aryl methyl sites for hydroxylation is 1. The molecule has 8 nitrogen and oxygen atoms in total. The van der Waals surface area contributed by atoms with Gasteiger partial charge in [-0.1, -0.05) is 104 Å². The van der Waals surface area contributed by atoms with E-state index in [1.807, 2.05) is 55.5 Å². The van der Waals surface area contributed by atoms with Crippen LogP contribution in [0.25, 0.3) is 0 Å². The Bertz CT molecular complexity index is 2070. The Morgan fingerprint density at radius 2 is 1.38 bits per heavy atom. The highest BCUT2D eigenvalue weighted by Crippen LogP contribution is 2.29. The van der Waals surface area contributed by atoms with Gasteiger partial charge in [0.05, 0.1) is 10.6 Å². The third-order valence-electron chi connectivity index (χ3n) is 9.51. The number of para-hydroxylation sites is 1. The minimum atomic E-state index is -4.31. The van der Waals surface area contributed by atoms with E-state index in [9.17, 15) is 18.0 Å². The quantitative estimate of drug-likeness (QED) is 0.124. The summed E-state index contributed by atoms with van der Waals surface area (Å²) < 4.78 is 51.1. The monoisotopic (exact) mass is 733 g/mol. The van der Waals surface area contributed by atoms with Crippen molar-refractivity contribution in [2.24, 2.45) is 0 Å². The number of nitrogens with one attached hydrogen (secondary N) is 1. The first-order chi connectivity index (χ1) is 25.7. The number of carbonyl (C=O) groups is 2. The van der Waals surface area contributed by atoms with Crippen molar-refractivity contribution in [3.63, 3.8) is 0 Å². The lowest BCUT2D eigenvalue weighted by atomic mass is 9.94. The molecular weight excluding hydrogens is 690 g/mol. The maximum absolute atomic E-state index is 15.3. The Hall–Kier alpha value is -5.48. The lowest BCUT2D eigenvalue weighted by molar-refractivity contribution is -0.140. The molecule has 0 aliphatic heterocycles. The van der Waals surface area contributed by atoms with Gasteiger partial charge in [0, 0.05) is 24.6 Å². The standard InChI is InChI=1S/C43H44FN3O5S/c1-32-21-27-39(28-22-32)53(50,51)47(36-23-25-38(26-24-36)52-37-18-9-4-10-19-37)31-42(48)46(30-34-15-11-12-20-40(34)44)41(29-33-13-5-2-6-14-33)43(49)45-35-16-7-3-8-17-35/h2,4-6,9-15,18-28,35,41H,3,7-8,16-17,29-31H2,1H3,(H,45,49)/t41-/m1/s1. The summed E-state index contributed by atoms with van der Waals surface area (Å²) in [5.74, 6) is -0.467. The lowest BCUT2D eigenvalue weighted by Gasteiger charge is -2.35. The van der Waals surface area contributed by atoms with Gasteiger partial charge in [-0.15, -0.1) is 0 Å². The van der Waals surface area contributed by atoms with Crippen molar-refractivity contribution in [3.05, 3.63) is 156 Å². The summed E-state index contributed by atoms with van der Waals surface area (Å²) in [6.45, 7) is 0.962. The number of nitrogens with zero attached hydrogens (tertiary/aromatic N) is 2. The Morgan fingerprint density at radius 3 is 2.04 bits per heavy atom. The van der Waals surface area contributed by atoms with Gasteiger partial charge in [0.2, 0.25) is 11.8 Å². The summed E-state index contributed by atoms with van der Waals surface area (Å²) >= 11 is 0. The molecule has 0 radical (unpaired) electrons. The first-order valence-corrected chi connectivity index (χ1v) is 19.4. The second-order valence-corrected chi connectivity index (χ2v) is 15.3. The van der Waals surface area contributed by atoms with Crippen molar-refractivity contribution >= 4 is 27.5 Å². The summed E-state index contributed by atoms with van der Waals surface area (Å²) in [4.78, 5) is 30.4. The van der Waals surface area contributed by atoms with Crippen LogP contribution in [0.15, 0.2) is 138 Å². The second-order valence-electron chi connectivity index (χ2n) is 13.4. The van der Waals surface area contributed by atoms with Crippen LogP contribution in [-0.4, -0.2) is 43.8 Å². The largest absolute Gasteiger partial charge is 0.457 e. The molecule has 0 spiro atoms. The van der Waals surface area contributed by atoms with Crippen molar-refractivity contribution in [1.29, 1.82) is 0 Å². The normalized spacial score (nSPS) is 13.8. The minimum Gasteiger partial charge on any atom is -0.457 e. The van der Waals surface area contributed by atoms with E-state index in [2.05, 4.69) is 5.32 Å². The molecule has 1 saturated carbocycles. The number of amides is 2. The van der Waals surface area contributed by atoms with Crippen LogP contribution in [0.3, 0.4) is 0 Å². The Morgan fingerprint density at radius 1 is 0.774 bits per heavy atom. The van der Waals surface area contributed by atoms with Crippen molar-refractivity contribution in [2.45, 2.75) is 69.0 Å².